The first-order valence-electron chi connectivity index (χ1n) is 8.85. The van der Waals surface area contributed by atoms with Gasteiger partial charge in [0.1, 0.15) is 5.75 Å². The lowest BCUT2D eigenvalue weighted by Crippen LogP contribution is -2.40. The van der Waals surface area contributed by atoms with Crippen LogP contribution in [0.4, 0.5) is 11.4 Å². The van der Waals surface area contributed by atoms with Crippen molar-refractivity contribution in [1.29, 1.82) is 0 Å². The maximum Gasteiger partial charge on any atom is 0.243 e. The van der Waals surface area contributed by atoms with Crippen molar-refractivity contribution in [2.24, 2.45) is 0 Å². The number of methoxy groups -OCH3 is 1. The minimum absolute atomic E-state index is 0.0571. The van der Waals surface area contributed by atoms with Gasteiger partial charge in [0.2, 0.25) is 15.9 Å². The number of amides is 1. The average Bonchev–Trinajstić information content (AvgIpc) is 2.74. The molecule has 0 spiro atoms. The molecule has 0 aromatic heterocycles. The molecule has 1 aliphatic rings. The molecule has 0 bridgehead atoms. The van der Waals surface area contributed by atoms with Gasteiger partial charge in [-0.05, 0) is 48.5 Å². The summed E-state index contributed by atoms with van der Waals surface area (Å²) in [5, 5.41) is 5.75. The molecule has 1 heterocycles. The van der Waals surface area contributed by atoms with E-state index in [2.05, 4.69) is 10.6 Å². The van der Waals surface area contributed by atoms with Gasteiger partial charge in [-0.15, -0.1) is 0 Å². The molecule has 150 valence electrons. The van der Waals surface area contributed by atoms with Crippen LogP contribution in [0.1, 0.15) is 0 Å². The van der Waals surface area contributed by atoms with Crippen LogP contribution in [0.2, 0.25) is 0 Å². The zero-order valence-electron chi connectivity index (χ0n) is 15.6. The van der Waals surface area contributed by atoms with E-state index < -0.39 is 10.0 Å². The highest BCUT2D eigenvalue weighted by molar-refractivity contribution is 7.89. The van der Waals surface area contributed by atoms with E-state index in [0.29, 0.717) is 43.4 Å². The summed E-state index contributed by atoms with van der Waals surface area (Å²) in [6.45, 7) is 1.58. The van der Waals surface area contributed by atoms with Gasteiger partial charge < -0.3 is 20.1 Å². The van der Waals surface area contributed by atoms with E-state index in [1.807, 2.05) is 0 Å². The minimum atomic E-state index is -3.52. The van der Waals surface area contributed by atoms with Crippen molar-refractivity contribution in [1.82, 2.24) is 4.31 Å². The molecule has 0 unspecified atom stereocenters. The minimum Gasteiger partial charge on any atom is -0.497 e. The van der Waals surface area contributed by atoms with Crippen molar-refractivity contribution in [3.05, 3.63) is 48.5 Å². The maximum atomic E-state index is 12.6. The molecule has 9 heteroatoms. The van der Waals surface area contributed by atoms with Crippen LogP contribution in [-0.4, -0.2) is 58.6 Å². The van der Waals surface area contributed by atoms with Gasteiger partial charge in [-0.1, -0.05) is 0 Å². The third-order valence-corrected chi connectivity index (χ3v) is 6.20. The summed E-state index contributed by atoms with van der Waals surface area (Å²) in [6, 6.07) is 13.4. The predicted octanol–water partition coefficient (Wildman–Crippen LogP) is 1.77. The number of morpholine rings is 1. The molecule has 0 aliphatic carbocycles. The predicted molar refractivity (Wildman–Crippen MR) is 106 cm³/mol. The van der Waals surface area contributed by atoms with Crippen molar-refractivity contribution >= 4 is 27.3 Å². The monoisotopic (exact) mass is 405 g/mol. The van der Waals surface area contributed by atoms with Crippen LogP contribution in [-0.2, 0) is 19.6 Å². The summed E-state index contributed by atoms with van der Waals surface area (Å²) in [5.41, 5.74) is 1.32. The lowest BCUT2D eigenvalue weighted by Gasteiger charge is -2.26. The Balaban J connectivity index is 1.54. The molecular weight excluding hydrogens is 382 g/mol. The summed E-state index contributed by atoms with van der Waals surface area (Å²) < 4.78 is 36.9. The Morgan fingerprint density at radius 1 is 1.04 bits per heavy atom. The van der Waals surface area contributed by atoms with Crippen molar-refractivity contribution in [3.63, 3.8) is 0 Å². The Bertz CT molecular complexity index is 892. The first-order valence-corrected chi connectivity index (χ1v) is 10.3. The first kappa shape index (κ1) is 20.1. The Labute approximate surface area is 164 Å². The van der Waals surface area contributed by atoms with E-state index in [1.54, 1.807) is 43.5 Å². The third kappa shape index (κ3) is 5.00. The van der Waals surface area contributed by atoms with E-state index in [0.717, 1.165) is 0 Å². The molecule has 0 radical (unpaired) electrons. The summed E-state index contributed by atoms with van der Waals surface area (Å²) in [6.07, 6.45) is 0. The van der Waals surface area contributed by atoms with Crippen LogP contribution >= 0.6 is 0 Å². The van der Waals surface area contributed by atoms with Gasteiger partial charge in [0.05, 0.1) is 31.8 Å². The van der Waals surface area contributed by atoms with E-state index in [9.17, 15) is 13.2 Å². The number of ether oxygens (including phenoxy) is 2. The van der Waals surface area contributed by atoms with Crippen molar-refractivity contribution in [2.75, 3.05) is 50.6 Å². The van der Waals surface area contributed by atoms with E-state index in [1.165, 1.54) is 16.4 Å². The van der Waals surface area contributed by atoms with Crippen LogP contribution in [0.25, 0.3) is 0 Å². The quantitative estimate of drug-likeness (QED) is 0.729. The second-order valence-corrected chi connectivity index (χ2v) is 8.11. The highest BCUT2D eigenvalue weighted by Gasteiger charge is 2.26. The molecule has 2 N–H and O–H groups in total. The van der Waals surface area contributed by atoms with E-state index in [-0.39, 0.29) is 17.3 Å². The van der Waals surface area contributed by atoms with Gasteiger partial charge in [-0.2, -0.15) is 4.31 Å². The number of hydrogen-bond donors (Lipinski definition) is 2. The molecule has 1 aliphatic heterocycles. The van der Waals surface area contributed by atoms with Crippen molar-refractivity contribution in [2.45, 2.75) is 4.90 Å². The Kier molecular flexibility index (Phi) is 6.50. The lowest BCUT2D eigenvalue weighted by atomic mass is 10.3. The van der Waals surface area contributed by atoms with Gasteiger partial charge in [-0.3, -0.25) is 4.79 Å². The summed E-state index contributed by atoms with van der Waals surface area (Å²) in [5.74, 6) is 0.499. The number of carbonyl (C=O) groups is 1. The fourth-order valence-corrected chi connectivity index (χ4v) is 4.15. The number of rotatable bonds is 7. The standard InChI is InChI=1S/C19H23N3O5S/c1-26-17-6-2-16(3-7-17)21-19(23)14-20-15-4-8-18(9-5-15)28(24,25)22-10-12-27-13-11-22/h2-9,20H,10-14H2,1H3,(H,21,23). The van der Waals surface area contributed by atoms with Crippen LogP contribution in [0.5, 0.6) is 5.75 Å². The topological polar surface area (TPSA) is 97.0 Å². The zero-order valence-corrected chi connectivity index (χ0v) is 16.4. The number of hydrogen-bond acceptors (Lipinski definition) is 6. The lowest BCUT2D eigenvalue weighted by molar-refractivity contribution is -0.114. The first-order chi connectivity index (χ1) is 13.5. The maximum absolute atomic E-state index is 12.6. The largest absolute Gasteiger partial charge is 0.497 e. The molecule has 1 amide bonds. The Hall–Kier alpha value is -2.62. The highest BCUT2D eigenvalue weighted by atomic mass is 32.2. The summed E-state index contributed by atoms with van der Waals surface area (Å²) in [4.78, 5) is 12.3. The van der Waals surface area contributed by atoms with Crippen molar-refractivity contribution < 1.29 is 22.7 Å². The second kappa shape index (κ2) is 9.05. The van der Waals surface area contributed by atoms with Crippen LogP contribution in [0.3, 0.4) is 0 Å². The third-order valence-electron chi connectivity index (χ3n) is 4.29. The van der Waals surface area contributed by atoms with Gasteiger partial charge in [0.25, 0.3) is 0 Å². The van der Waals surface area contributed by atoms with E-state index >= 15 is 0 Å². The van der Waals surface area contributed by atoms with Gasteiger partial charge in [0, 0.05) is 24.5 Å². The normalized spacial score (nSPS) is 15.0. The zero-order chi connectivity index (χ0) is 20.0. The molecule has 2 aromatic rings. The fourth-order valence-electron chi connectivity index (χ4n) is 2.74. The van der Waals surface area contributed by atoms with Gasteiger partial charge in [0.15, 0.2) is 0 Å². The van der Waals surface area contributed by atoms with E-state index in [4.69, 9.17) is 9.47 Å². The number of benzene rings is 2. The van der Waals surface area contributed by atoms with Crippen LogP contribution in [0.15, 0.2) is 53.4 Å². The average molecular weight is 405 g/mol. The summed E-state index contributed by atoms with van der Waals surface area (Å²) in [7, 11) is -1.94. The number of nitrogens with zero attached hydrogens (tertiary/aromatic N) is 1. The second-order valence-electron chi connectivity index (χ2n) is 6.17. The van der Waals surface area contributed by atoms with Gasteiger partial charge in [-0.25, -0.2) is 8.42 Å². The Morgan fingerprint density at radius 2 is 1.64 bits per heavy atom. The van der Waals surface area contributed by atoms with Gasteiger partial charge >= 0.3 is 0 Å². The molecular formula is C19H23N3O5S. The van der Waals surface area contributed by atoms with Crippen LogP contribution in [0, 0.1) is 0 Å². The molecule has 2 aromatic carbocycles. The molecule has 0 atom stereocenters. The van der Waals surface area contributed by atoms with Crippen molar-refractivity contribution in [3.8, 4) is 5.75 Å². The smallest absolute Gasteiger partial charge is 0.243 e. The molecule has 28 heavy (non-hydrogen) atoms. The highest BCUT2D eigenvalue weighted by Crippen LogP contribution is 2.19. The number of nitrogens with one attached hydrogen (secondary N) is 2. The number of sulfonamides is 1. The molecule has 0 saturated carbocycles. The molecule has 8 nitrogen and oxygen atoms in total. The molecule has 3 rings (SSSR count). The SMILES string of the molecule is COc1ccc(NC(=O)CNc2ccc(S(=O)(=O)N3CCOCC3)cc2)cc1. The number of carbonyl (C=O) groups excluding carboxylic acids is 1. The molecule has 1 fully saturated rings. The van der Waals surface area contributed by atoms with Crippen LogP contribution < -0.4 is 15.4 Å². The number of anilines is 2. The molecule has 1 saturated heterocycles. The Morgan fingerprint density at radius 3 is 2.25 bits per heavy atom. The summed E-state index contributed by atoms with van der Waals surface area (Å²) >= 11 is 0. The fraction of sp³-hybridized carbons (Fsp3) is 0.316.